The smallest absolute Gasteiger partial charge is 0.325 e. The molecule has 0 aliphatic heterocycles. The Bertz CT molecular complexity index is 609. The minimum absolute atomic E-state index is 0.180. The van der Waals surface area contributed by atoms with Crippen LogP contribution in [0.4, 0.5) is 5.82 Å². The molecular weight excluding hydrogens is 260 g/mol. The van der Waals surface area contributed by atoms with E-state index in [-0.39, 0.29) is 5.92 Å². The number of hydrogen-bond donors (Lipinski definition) is 2. The standard InChI is InChI=1S/C13H16N4O3/c1-7(2)11-16-12(20-17-11)9-4-5-14-10(6-9)15-8(3)13(18)19/h4-8H,1-3H3,(H,14,15)(H,18,19)/t8-/m0/s1. The number of anilines is 1. The van der Waals surface area contributed by atoms with Crippen LogP contribution in [-0.4, -0.2) is 32.2 Å². The maximum Gasteiger partial charge on any atom is 0.325 e. The van der Waals surface area contributed by atoms with E-state index in [0.717, 1.165) is 0 Å². The lowest BCUT2D eigenvalue weighted by molar-refractivity contribution is -0.137. The number of rotatable bonds is 5. The minimum Gasteiger partial charge on any atom is -0.480 e. The fourth-order valence-corrected chi connectivity index (χ4v) is 1.51. The highest BCUT2D eigenvalue weighted by Crippen LogP contribution is 2.21. The molecule has 0 saturated carbocycles. The van der Waals surface area contributed by atoms with Gasteiger partial charge < -0.3 is 14.9 Å². The van der Waals surface area contributed by atoms with Crippen molar-refractivity contribution in [3.63, 3.8) is 0 Å². The Labute approximate surface area is 116 Å². The maximum atomic E-state index is 10.8. The number of carbonyl (C=O) groups is 1. The normalized spacial score (nSPS) is 12.4. The highest BCUT2D eigenvalue weighted by Gasteiger charge is 2.14. The van der Waals surface area contributed by atoms with Crippen molar-refractivity contribution in [2.45, 2.75) is 32.7 Å². The third kappa shape index (κ3) is 3.11. The van der Waals surface area contributed by atoms with Crippen molar-refractivity contribution >= 4 is 11.8 Å². The molecule has 0 radical (unpaired) electrons. The van der Waals surface area contributed by atoms with E-state index in [9.17, 15) is 4.79 Å². The van der Waals surface area contributed by atoms with Crippen molar-refractivity contribution in [3.8, 4) is 11.5 Å². The van der Waals surface area contributed by atoms with Crippen molar-refractivity contribution < 1.29 is 14.4 Å². The van der Waals surface area contributed by atoms with Crippen LogP contribution >= 0.6 is 0 Å². The zero-order valence-electron chi connectivity index (χ0n) is 11.5. The molecule has 0 amide bonds. The molecule has 20 heavy (non-hydrogen) atoms. The molecule has 2 rings (SSSR count). The van der Waals surface area contributed by atoms with Gasteiger partial charge in [-0.15, -0.1) is 0 Å². The predicted molar refractivity (Wildman–Crippen MR) is 72.3 cm³/mol. The van der Waals surface area contributed by atoms with Crippen LogP contribution in [0.15, 0.2) is 22.9 Å². The molecule has 7 heteroatoms. The fourth-order valence-electron chi connectivity index (χ4n) is 1.51. The predicted octanol–water partition coefficient (Wildman–Crippen LogP) is 2.14. The summed E-state index contributed by atoms with van der Waals surface area (Å²) in [6.07, 6.45) is 1.56. The van der Waals surface area contributed by atoms with E-state index in [0.29, 0.717) is 23.1 Å². The van der Waals surface area contributed by atoms with E-state index in [1.54, 1.807) is 25.3 Å². The summed E-state index contributed by atoms with van der Waals surface area (Å²) in [7, 11) is 0. The molecule has 0 bridgehead atoms. The summed E-state index contributed by atoms with van der Waals surface area (Å²) in [4.78, 5) is 19.2. The van der Waals surface area contributed by atoms with Gasteiger partial charge in [-0.2, -0.15) is 4.98 Å². The van der Waals surface area contributed by atoms with E-state index in [2.05, 4.69) is 20.4 Å². The maximum absolute atomic E-state index is 10.8. The summed E-state index contributed by atoms with van der Waals surface area (Å²) in [6, 6.07) is 2.68. The van der Waals surface area contributed by atoms with E-state index >= 15 is 0 Å². The third-order valence-electron chi connectivity index (χ3n) is 2.70. The number of hydrogen-bond acceptors (Lipinski definition) is 6. The number of nitrogens with one attached hydrogen (secondary N) is 1. The Morgan fingerprint density at radius 2 is 2.15 bits per heavy atom. The monoisotopic (exact) mass is 276 g/mol. The Morgan fingerprint density at radius 1 is 1.40 bits per heavy atom. The first kappa shape index (κ1) is 14.0. The molecule has 0 fully saturated rings. The second kappa shape index (κ2) is 5.68. The van der Waals surface area contributed by atoms with Crippen molar-refractivity contribution in [3.05, 3.63) is 24.2 Å². The van der Waals surface area contributed by atoms with Gasteiger partial charge in [0, 0.05) is 17.7 Å². The minimum atomic E-state index is -0.947. The first-order valence-electron chi connectivity index (χ1n) is 6.26. The average Bonchev–Trinajstić information content (AvgIpc) is 2.88. The molecule has 0 aliphatic carbocycles. The van der Waals surface area contributed by atoms with Crippen LogP contribution in [0.25, 0.3) is 11.5 Å². The highest BCUT2D eigenvalue weighted by atomic mass is 16.5. The van der Waals surface area contributed by atoms with Gasteiger partial charge in [-0.25, -0.2) is 4.98 Å². The molecule has 0 unspecified atom stereocenters. The summed E-state index contributed by atoms with van der Waals surface area (Å²) in [5.41, 5.74) is 0.694. The van der Waals surface area contributed by atoms with Crippen LogP contribution in [-0.2, 0) is 4.79 Å². The molecule has 0 saturated heterocycles. The lowest BCUT2D eigenvalue weighted by Gasteiger charge is -2.09. The molecule has 0 aromatic carbocycles. The van der Waals surface area contributed by atoms with E-state index in [1.807, 2.05) is 13.8 Å². The van der Waals surface area contributed by atoms with Gasteiger partial charge in [0.2, 0.25) is 0 Å². The van der Waals surface area contributed by atoms with Gasteiger partial charge in [0.05, 0.1) is 0 Å². The molecule has 2 aromatic rings. The molecule has 2 heterocycles. The van der Waals surface area contributed by atoms with Crippen molar-refractivity contribution in [1.82, 2.24) is 15.1 Å². The molecule has 0 spiro atoms. The Hall–Kier alpha value is -2.44. The fraction of sp³-hybridized carbons (Fsp3) is 0.385. The zero-order valence-corrected chi connectivity index (χ0v) is 11.5. The summed E-state index contributed by atoms with van der Waals surface area (Å²) >= 11 is 0. The number of aromatic nitrogens is 3. The largest absolute Gasteiger partial charge is 0.480 e. The molecule has 2 aromatic heterocycles. The zero-order chi connectivity index (χ0) is 14.7. The number of carboxylic acid groups (broad SMARTS) is 1. The average molecular weight is 276 g/mol. The van der Waals surface area contributed by atoms with Crippen LogP contribution < -0.4 is 5.32 Å². The van der Waals surface area contributed by atoms with Crippen LogP contribution in [0.1, 0.15) is 32.5 Å². The molecule has 0 aliphatic rings. The lowest BCUT2D eigenvalue weighted by Crippen LogP contribution is -2.25. The molecule has 7 nitrogen and oxygen atoms in total. The Morgan fingerprint density at radius 3 is 2.75 bits per heavy atom. The van der Waals surface area contributed by atoms with E-state index in [1.165, 1.54) is 0 Å². The molecule has 106 valence electrons. The molecule has 1 atom stereocenters. The second-order valence-electron chi connectivity index (χ2n) is 4.75. The topological polar surface area (TPSA) is 101 Å². The van der Waals surface area contributed by atoms with Gasteiger partial charge in [0.1, 0.15) is 11.9 Å². The lowest BCUT2D eigenvalue weighted by atomic mass is 10.2. The van der Waals surface area contributed by atoms with Gasteiger partial charge in [-0.1, -0.05) is 19.0 Å². The third-order valence-corrected chi connectivity index (χ3v) is 2.70. The van der Waals surface area contributed by atoms with Crippen LogP contribution in [0.2, 0.25) is 0 Å². The summed E-state index contributed by atoms with van der Waals surface area (Å²) in [5, 5.41) is 15.5. The van der Waals surface area contributed by atoms with E-state index < -0.39 is 12.0 Å². The van der Waals surface area contributed by atoms with Crippen molar-refractivity contribution in [2.75, 3.05) is 5.32 Å². The van der Waals surface area contributed by atoms with Gasteiger partial charge in [-0.3, -0.25) is 4.79 Å². The Balaban J connectivity index is 2.22. The number of carboxylic acids is 1. The molecule has 2 N–H and O–H groups in total. The summed E-state index contributed by atoms with van der Waals surface area (Å²) < 4.78 is 5.19. The first-order chi connectivity index (χ1) is 9.47. The van der Waals surface area contributed by atoms with Gasteiger partial charge in [-0.05, 0) is 19.1 Å². The summed E-state index contributed by atoms with van der Waals surface area (Å²) in [5.74, 6) is 0.699. The van der Waals surface area contributed by atoms with Crippen LogP contribution in [0.3, 0.4) is 0 Å². The highest BCUT2D eigenvalue weighted by molar-refractivity contribution is 5.76. The van der Waals surface area contributed by atoms with E-state index in [4.69, 9.17) is 9.63 Å². The number of aliphatic carboxylic acids is 1. The van der Waals surface area contributed by atoms with Crippen molar-refractivity contribution in [1.29, 1.82) is 0 Å². The van der Waals surface area contributed by atoms with Crippen LogP contribution in [0, 0.1) is 0 Å². The first-order valence-corrected chi connectivity index (χ1v) is 6.26. The van der Waals surface area contributed by atoms with Gasteiger partial charge in [0.15, 0.2) is 5.82 Å². The quantitative estimate of drug-likeness (QED) is 0.862. The number of pyridine rings is 1. The van der Waals surface area contributed by atoms with Gasteiger partial charge >= 0.3 is 5.97 Å². The van der Waals surface area contributed by atoms with Gasteiger partial charge in [0.25, 0.3) is 5.89 Å². The molecular formula is C13H16N4O3. The van der Waals surface area contributed by atoms with Crippen LogP contribution in [0.5, 0.6) is 0 Å². The SMILES string of the molecule is CC(C)c1noc(-c2ccnc(N[C@@H](C)C(=O)O)c2)n1. The second-order valence-corrected chi connectivity index (χ2v) is 4.75. The Kier molecular flexibility index (Phi) is 3.97. The summed E-state index contributed by atoms with van der Waals surface area (Å²) in [6.45, 7) is 5.49. The van der Waals surface area contributed by atoms with Crippen molar-refractivity contribution in [2.24, 2.45) is 0 Å². The number of nitrogens with zero attached hydrogens (tertiary/aromatic N) is 3.